The van der Waals surface area contributed by atoms with Gasteiger partial charge >= 0.3 is 0 Å². The third-order valence-electron chi connectivity index (χ3n) is 5.16. The van der Waals surface area contributed by atoms with Crippen molar-refractivity contribution < 1.29 is 13.5 Å². The van der Waals surface area contributed by atoms with Crippen molar-refractivity contribution in [2.24, 2.45) is 4.99 Å². The van der Waals surface area contributed by atoms with Crippen LogP contribution in [0.5, 0.6) is 0 Å². The number of piperazine rings is 1. The fourth-order valence-corrected chi connectivity index (χ4v) is 3.62. The molecule has 0 radical (unpaired) electrons. The number of halogens is 3. The zero-order valence-electron chi connectivity index (χ0n) is 17.1. The molecule has 0 unspecified atom stereocenters. The topological polar surface area (TPSA) is 43.3 Å². The molecule has 1 aromatic carbocycles. The fourth-order valence-electron chi connectivity index (χ4n) is 3.62. The molecule has 1 aromatic rings. The van der Waals surface area contributed by atoms with Gasteiger partial charge in [0, 0.05) is 65.0 Å². The molecule has 164 valence electrons. The van der Waals surface area contributed by atoms with E-state index in [0.717, 1.165) is 77.5 Å². The number of morpholine rings is 1. The monoisotopic (exact) mass is 523 g/mol. The lowest BCUT2D eigenvalue weighted by atomic mass is 10.2. The fraction of sp³-hybridized carbons (Fsp3) is 0.650. The van der Waals surface area contributed by atoms with E-state index in [1.807, 2.05) is 4.90 Å². The Morgan fingerprint density at radius 3 is 2.52 bits per heavy atom. The molecule has 0 bridgehead atoms. The summed E-state index contributed by atoms with van der Waals surface area (Å²) in [6, 6.07) is 3.62. The predicted molar refractivity (Wildman–Crippen MR) is 123 cm³/mol. The van der Waals surface area contributed by atoms with Crippen LogP contribution in [0.2, 0.25) is 0 Å². The highest BCUT2D eigenvalue weighted by atomic mass is 127. The minimum atomic E-state index is -0.408. The van der Waals surface area contributed by atoms with Gasteiger partial charge in [0.2, 0.25) is 0 Å². The first-order valence-corrected chi connectivity index (χ1v) is 10.2. The van der Waals surface area contributed by atoms with Crippen LogP contribution in [0.4, 0.5) is 14.5 Å². The molecule has 2 aliphatic rings. The van der Waals surface area contributed by atoms with Crippen LogP contribution in [0.3, 0.4) is 0 Å². The molecule has 2 saturated heterocycles. The molecule has 0 spiro atoms. The number of nitrogens with zero attached hydrogens (tertiary/aromatic N) is 4. The number of aliphatic imine (C=N–C) groups is 1. The normalized spacial score (nSPS) is 18.5. The summed E-state index contributed by atoms with van der Waals surface area (Å²) in [6.45, 7) is 11.1. The van der Waals surface area contributed by atoms with Crippen LogP contribution in [-0.4, -0.2) is 87.9 Å². The first kappa shape index (κ1) is 24.1. The lowest BCUT2D eigenvalue weighted by Crippen LogP contribution is -2.52. The predicted octanol–water partition coefficient (Wildman–Crippen LogP) is 2.39. The molecule has 0 amide bonds. The van der Waals surface area contributed by atoms with E-state index < -0.39 is 5.82 Å². The van der Waals surface area contributed by atoms with Crippen molar-refractivity contribution in [1.29, 1.82) is 0 Å². The standard InChI is InChI=1S/C20H31F2N5O.HI/c1-2-23-20(24-6-3-7-25-12-14-28-15-13-25)27-10-8-26(9-11-27)19-16-17(21)4-5-18(19)22;/h4-5,16H,2-3,6-15H2,1H3,(H,23,24);1H. The van der Waals surface area contributed by atoms with E-state index in [9.17, 15) is 8.78 Å². The third kappa shape index (κ3) is 7.21. The maximum atomic E-state index is 14.0. The molecule has 6 nitrogen and oxygen atoms in total. The van der Waals surface area contributed by atoms with Gasteiger partial charge in [-0.15, -0.1) is 24.0 Å². The minimum absolute atomic E-state index is 0. The number of nitrogens with one attached hydrogen (secondary N) is 1. The Balaban J connectivity index is 0.00000300. The second-order valence-electron chi connectivity index (χ2n) is 7.11. The van der Waals surface area contributed by atoms with Crippen molar-refractivity contribution >= 4 is 35.6 Å². The average molecular weight is 523 g/mol. The van der Waals surface area contributed by atoms with Gasteiger partial charge in [-0.2, -0.15) is 0 Å². The smallest absolute Gasteiger partial charge is 0.194 e. The van der Waals surface area contributed by atoms with Crippen molar-refractivity contribution in [3.8, 4) is 0 Å². The van der Waals surface area contributed by atoms with E-state index in [1.165, 1.54) is 12.1 Å². The summed E-state index contributed by atoms with van der Waals surface area (Å²) in [6.07, 6.45) is 1.02. The maximum Gasteiger partial charge on any atom is 0.194 e. The number of anilines is 1. The van der Waals surface area contributed by atoms with Crippen LogP contribution in [0.1, 0.15) is 13.3 Å². The highest BCUT2D eigenvalue weighted by molar-refractivity contribution is 14.0. The Morgan fingerprint density at radius 2 is 1.83 bits per heavy atom. The van der Waals surface area contributed by atoms with E-state index in [1.54, 1.807) is 0 Å². The Hall–Kier alpha value is -1.20. The van der Waals surface area contributed by atoms with Crippen LogP contribution < -0.4 is 10.2 Å². The average Bonchev–Trinajstić information content (AvgIpc) is 2.73. The van der Waals surface area contributed by atoms with Crippen molar-refractivity contribution in [2.45, 2.75) is 13.3 Å². The molecule has 9 heteroatoms. The van der Waals surface area contributed by atoms with Crippen molar-refractivity contribution in [1.82, 2.24) is 15.1 Å². The van der Waals surface area contributed by atoms with Gasteiger partial charge < -0.3 is 19.9 Å². The van der Waals surface area contributed by atoms with E-state index in [-0.39, 0.29) is 29.8 Å². The lowest BCUT2D eigenvalue weighted by molar-refractivity contribution is 0.0377. The number of ether oxygens (including phenoxy) is 1. The van der Waals surface area contributed by atoms with E-state index in [0.29, 0.717) is 18.8 Å². The Labute approximate surface area is 189 Å². The summed E-state index contributed by atoms with van der Waals surface area (Å²) < 4.78 is 32.9. The molecular weight excluding hydrogens is 491 g/mol. The lowest BCUT2D eigenvalue weighted by Gasteiger charge is -2.37. The zero-order valence-corrected chi connectivity index (χ0v) is 19.4. The molecular formula is C20H32F2IN5O. The first-order chi connectivity index (χ1) is 13.7. The van der Waals surface area contributed by atoms with Gasteiger partial charge in [-0.05, 0) is 25.5 Å². The van der Waals surface area contributed by atoms with Gasteiger partial charge in [0.15, 0.2) is 5.96 Å². The van der Waals surface area contributed by atoms with Crippen LogP contribution in [-0.2, 0) is 4.74 Å². The highest BCUT2D eigenvalue weighted by Gasteiger charge is 2.22. The van der Waals surface area contributed by atoms with Gasteiger partial charge in [-0.3, -0.25) is 9.89 Å². The summed E-state index contributed by atoms with van der Waals surface area (Å²) in [5.74, 6) is 0.122. The van der Waals surface area contributed by atoms with Crippen LogP contribution in [0, 0.1) is 11.6 Å². The molecule has 2 aliphatic heterocycles. The van der Waals surface area contributed by atoms with Gasteiger partial charge in [0.1, 0.15) is 11.6 Å². The quantitative estimate of drug-likeness (QED) is 0.269. The summed E-state index contributed by atoms with van der Waals surface area (Å²) in [5, 5.41) is 3.36. The van der Waals surface area contributed by atoms with E-state index in [2.05, 4.69) is 22.0 Å². The van der Waals surface area contributed by atoms with Gasteiger partial charge in [-0.25, -0.2) is 8.78 Å². The zero-order chi connectivity index (χ0) is 19.8. The van der Waals surface area contributed by atoms with E-state index >= 15 is 0 Å². The second kappa shape index (κ2) is 12.5. The molecule has 0 aliphatic carbocycles. The van der Waals surface area contributed by atoms with Crippen molar-refractivity contribution in [3.63, 3.8) is 0 Å². The van der Waals surface area contributed by atoms with Crippen molar-refractivity contribution in [2.75, 3.05) is 77.0 Å². The Morgan fingerprint density at radius 1 is 1.10 bits per heavy atom. The molecule has 0 atom stereocenters. The molecule has 3 rings (SSSR count). The second-order valence-corrected chi connectivity index (χ2v) is 7.11. The van der Waals surface area contributed by atoms with Gasteiger partial charge in [0.25, 0.3) is 0 Å². The third-order valence-corrected chi connectivity index (χ3v) is 5.16. The van der Waals surface area contributed by atoms with Gasteiger partial charge in [-0.1, -0.05) is 0 Å². The maximum absolute atomic E-state index is 14.0. The summed E-state index contributed by atoms with van der Waals surface area (Å²) >= 11 is 0. The highest BCUT2D eigenvalue weighted by Crippen LogP contribution is 2.21. The minimum Gasteiger partial charge on any atom is -0.379 e. The summed E-state index contributed by atoms with van der Waals surface area (Å²) in [4.78, 5) is 11.3. The SMILES string of the molecule is CCNC(=NCCCN1CCOCC1)N1CCN(c2cc(F)ccc2F)CC1.I. The Bertz CT molecular complexity index is 650. The van der Waals surface area contributed by atoms with Crippen molar-refractivity contribution in [3.05, 3.63) is 29.8 Å². The number of benzene rings is 1. The van der Waals surface area contributed by atoms with Crippen LogP contribution in [0.15, 0.2) is 23.2 Å². The molecule has 29 heavy (non-hydrogen) atoms. The molecule has 0 aromatic heterocycles. The molecule has 1 N–H and O–H groups in total. The molecule has 2 fully saturated rings. The van der Waals surface area contributed by atoms with Crippen LogP contribution in [0.25, 0.3) is 0 Å². The summed E-state index contributed by atoms with van der Waals surface area (Å²) in [5.41, 5.74) is 0.340. The number of rotatable bonds is 6. The number of hydrogen-bond donors (Lipinski definition) is 1. The van der Waals surface area contributed by atoms with E-state index in [4.69, 9.17) is 9.73 Å². The first-order valence-electron chi connectivity index (χ1n) is 10.2. The molecule has 0 saturated carbocycles. The van der Waals surface area contributed by atoms with Gasteiger partial charge in [0.05, 0.1) is 18.9 Å². The number of hydrogen-bond acceptors (Lipinski definition) is 4. The largest absolute Gasteiger partial charge is 0.379 e. The summed E-state index contributed by atoms with van der Waals surface area (Å²) in [7, 11) is 0. The Kier molecular flexibility index (Phi) is 10.4. The van der Waals surface area contributed by atoms with Crippen LogP contribution >= 0.6 is 24.0 Å². The molecule has 2 heterocycles. The number of guanidine groups is 1.